The SMILES string of the molecule is C=CCOC(=O)C=NOCl. The molecule has 0 N–H and O–H groups in total. The van der Waals surface area contributed by atoms with Crippen LogP contribution in [-0.4, -0.2) is 18.8 Å². The maximum absolute atomic E-state index is 10.4. The van der Waals surface area contributed by atoms with Gasteiger partial charge >= 0.3 is 5.97 Å². The Morgan fingerprint density at radius 2 is 2.50 bits per heavy atom. The summed E-state index contributed by atoms with van der Waals surface area (Å²) in [5, 5.41) is 2.96. The summed E-state index contributed by atoms with van der Waals surface area (Å²) < 4.78 is 8.16. The van der Waals surface area contributed by atoms with E-state index in [1.165, 1.54) is 6.08 Å². The summed E-state index contributed by atoms with van der Waals surface area (Å²) >= 11 is 4.65. The van der Waals surface area contributed by atoms with Gasteiger partial charge in [0.25, 0.3) is 0 Å². The molecular formula is C5H6ClNO3. The summed E-state index contributed by atoms with van der Waals surface area (Å²) in [6.45, 7) is 3.48. The summed E-state index contributed by atoms with van der Waals surface area (Å²) in [4.78, 5) is 10.4. The molecule has 0 unspecified atom stereocenters. The number of carbonyl (C=O) groups excluding carboxylic acids is 1. The predicted molar refractivity (Wildman–Crippen MR) is 36.6 cm³/mol. The highest BCUT2D eigenvalue weighted by molar-refractivity contribution is 6.23. The van der Waals surface area contributed by atoms with Gasteiger partial charge in [-0.2, -0.15) is 0 Å². The van der Waals surface area contributed by atoms with Gasteiger partial charge in [0.1, 0.15) is 6.61 Å². The van der Waals surface area contributed by atoms with Crippen molar-refractivity contribution in [3.8, 4) is 0 Å². The fourth-order valence-electron chi connectivity index (χ4n) is 0.241. The molecule has 0 atom stereocenters. The van der Waals surface area contributed by atoms with Crippen molar-refractivity contribution in [2.45, 2.75) is 0 Å². The second kappa shape index (κ2) is 6.10. The van der Waals surface area contributed by atoms with Crippen molar-refractivity contribution >= 4 is 24.0 Å². The molecule has 0 aromatic rings. The lowest BCUT2D eigenvalue weighted by molar-refractivity contribution is -0.133. The molecule has 0 aromatic carbocycles. The van der Waals surface area contributed by atoms with E-state index in [9.17, 15) is 4.79 Å². The van der Waals surface area contributed by atoms with Crippen LogP contribution in [-0.2, 0) is 13.9 Å². The summed E-state index contributed by atoms with van der Waals surface area (Å²) in [5.41, 5.74) is 0. The topological polar surface area (TPSA) is 47.9 Å². The Hall–Kier alpha value is -1.03. The van der Waals surface area contributed by atoms with E-state index in [1.807, 2.05) is 0 Å². The maximum atomic E-state index is 10.4. The van der Waals surface area contributed by atoms with E-state index in [2.05, 4.69) is 32.7 Å². The average Bonchev–Trinajstić information content (AvgIpc) is 1.97. The van der Waals surface area contributed by atoms with Crippen LogP contribution in [0, 0.1) is 0 Å². The highest BCUT2D eigenvalue weighted by Gasteiger charge is 1.93. The molecule has 0 aliphatic carbocycles. The molecule has 0 aliphatic heterocycles. The van der Waals surface area contributed by atoms with E-state index < -0.39 is 5.97 Å². The lowest BCUT2D eigenvalue weighted by Crippen LogP contribution is -2.04. The minimum atomic E-state index is -0.624. The number of oxime groups is 1. The van der Waals surface area contributed by atoms with Crippen LogP contribution in [0.3, 0.4) is 0 Å². The standard InChI is InChI=1S/C5H6ClNO3/c1-2-3-9-5(8)4-7-10-6/h2,4H,1,3H2. The van der Waals surface area contributed by atoms with E-state index in [4.69, 9.17) is 0 Å². The van der Waals surface area contributed by atoms with Crippen LogP contribution in [0.25, 0.3) is 0 Å². The summed E-state index contributed by atoms with van der Waals surface area (Å²) in [6, 6.07) is 0. The molecule has 0 amide bonds. The Labute approximate surface area is 63.2 Å². The quantitative estimate of drug-likeness (QED) is 0.267. The molecule has 0 spiro atoms. The number of rotatable bonds is 4. The molecule has 0 radical (unpaired) electrons. The van der Waals surface area contributed by atoms with Crippen LogP contribution < -0.4 is 0 Å². The van der Waals surface area contributed by atoms with Crippen LogP contribution in [0.4, 0.5) is 0 Å². The Morgan fingerprint density at radius 3 is 3.00 bits per heavy atom. The minimum Gasteiger partial charge on any atom is -0.457 e. The van der Waals surface area contributed by atoms with Crippen LogP contribution in [0.15, 0.2) is 17.8 Å². The maximum Gasteiger partial charge on any atom is 0.353 e. The minimum absolute atomic E-state index is 0.146. The fourth-order valence-corrected chi connectivity index (χ4v) is 0.281. The van der Waals surface area contributed by atoms with Crippen LogP contribution in [0.5, 0.6) is 0 Å². The molecule has 0 rings (SSSR count). The van der Waals surface area contributed by atoms with Gasteiger partial charge < -0.3 is 4.74 Å². The van der Waals surface area contributed by atoms with Crippen molar-refractivity contribution in [2.24, 2.45) is 5.16 Å². The summed E-state index contributed by atoms with van der Waals surface area (Å²) in [6.07, 6.45) is 2.25. The normalized spacial score (nSPS) is 9.30. The van der Waals surface area contributed by atoms with Gasteiger partial charge in [-0.25, -0.2) is 4.79 Å². The highest BCUT2D eigenvalue weighted by atomic mass is 35.5. The largest absolute Gasteiger partial charge is 0.457 e. The third-order valence-corrected chi connectivity index (χ3v) is 0.621. The highest BCUT2D eigenvalue weighted by Crippen LogP contribution is 1.80. The molecule has 0 heterocycles. The van der Waals surface area contributed by atoms with Crippen molar-refractivity contribution in [3.05, 3.63) is 12.7 Å². The van der Waals surface area contributed by atoms with Gasteiger partial charge in [0.2, 0.25) is 0 Å². The van der Waals surface area contributed by atoms with Crippen LogP contribution in [0.2, 0.25) is 0 Å². The number of hydrogen-bond acceptors (Lipinski definition) is 4. The average molecular weight is 164 g/mol. The molecule has 0 saturated heterocycles. The number of nitrogens with zero attached hydrogens (tertiary/aromatic N) is 1. The lowest BCUT2D eigenvalue weighted by atomic mass is 10.7. The second-order valence-electron chi connectivity index (χ2n) is 1.22. The first-order chi connectivity index (χ1) is 4.81. The Bertz CT molecular complexity index is 146. The second-order valence-corrected chi connectivity index (χ2v) is 1.36. The van der Waals surface area contributed by atoms with Gasteiger partial charge in [0.05, 0.1) is 0 Å². The van der Waals surface area contributed by atoms with Gasteiger partial charge in [-0.3, -0.25) is 4.39 Å². The van der Waals surface area contributed by atoms with Crippen molar-refractivity contribution < 1.29 is 13.9 Å². The van der Waals surface area contributed by atoms with E-state index in [0.717, 1.165) is 6.21 Å². The molecule has 0 aliphatic rings. The predicted octanol–water partition coefficient (Wildman–Crippen LogP) is 0.872. The van der Waals surface area contributed by atoms with E-state index >= 15 is 0 Å². The molecule has 0 aromatic heterocycles. The van der Waals surface area contributed by atoms with E-state index in [-0.39, 0.29) is 6.61 Å². The zero-order valence-electron chi connectivity index (χ0n) is 5.12. The fraction of sp³-hybridized carbons (Fsp3) is 0.200. The molecule has 10 heavy (non-hydrogen) atoms. The lowest BCUT2D eigenvalue weighted by Gasteiger charge is -1.92. The van der Waals surface area contributed by atoms with Crippen molar-refractivity contribution in [3.63, 3.8) is 0 Å². The van der Waals surface area contributed by atoms with E-state index in [0.29, 0.717) is 0 Å². The molecule has 4 nitrogen and oxygen atoms in total. The van der Waals surface area contributed by atoms with Gasteiger partial charge in [-0.15, -0.1) is 0 Å². The van der Waals surface area contributed by atoms with Crippen molar-refractivity contribution in [1.29, 1.82) is 0 Å². The Morgan fingerprint density at radius 1 is 1.80 bits per heavy atom. The third-order valence-electron chi connectivity index (χ3n) is 0.541. The third kappa shape index (κ3) is 5.11. The van der Waals surface area contributed by atoms with Gasteiger partial charge in [0, 0.05) is 0 Å². The molecule has 0 bridgehead atoms. The molecular weight excluding hydrogens is 158 g/mol. The van der Waals surface area contributed by atoms with Crippen molar-refractivity contribution in [2.75, 3.05) is 6.61 Å². The molecule has 5 heteroatoms. The van der Waals surface area contributed by atoms with Crippen molar-refractivity contribution in [1.82, 2.24) is 0 Å². The number of carbonyl (C=O) groups is 1. The number of ether oxygens (including phenoxy) is 1. The number of hydrogen-bond donors (Lipinski definition) is 0. The monoisotopic (exact) mass is 163 g/mol. The first-order valence-electron chi connectivity index (χ1n) is 2.40. The van der Waals surface area contributed by atoms with Crippen LogP contribution >= 0.6 is 11.9 Å². The smallest absolute Gasteiger partial charge is 0.353 e. The Kier molecular flexibility index (Phi) is 5.47. The first kappa shape index (κ1) is 8.97. The zero-order valence-corrected chi connectivity index (χ0v) is 5.87. The molecule has 56 valence electrons. The number of esters is 1. The summed E-state index contributed by atoms with van der Waals surface area (Å²) in [5.74, 6) is -0.624. The van der Waals surface area contributed by atoms with Gasteiger partial charge in [-0.05, 0) is 0 Å². The van der Waals surface area contributed by atoms with E-state index in [1.54, 1.807) is 0 Å². The van der Waals surface area contributed by atoms with Crippen LogP contribution in [0.1, 0.15) is 0 Å². The van der Waals surface area contributed by atoms with Gasteiger partial charge in [-0.1, -0.05) is 17.8 Å². The number of halogens is 1. The summed E-state index contributed by atoms with van der Waals surface area (Å²) in [7, 11) is 0. The Balaban J connectivity index is 3.43. The van der Waals surface area contributed by atoms with Gasteiger partial charge in [0.15, 0.2) is 18.1 Å². The molecule has 0 saturated carbocycles. The first-order valence-corrected chi connectivity index (χ1v) is 2.71. The zero-order chi connectivity index (χ0) is 7.82. The molecule has 0 fully saturated rings.